The van der Waals surface area contributed by atoms with Gasteiger partial charge in [0.25, 0.3) is 0 Å². The second-order valence-electron chi connectivity index (χ2n) is 16.2. The van der Waals surface area contributed by atoms with Gasteiger partial charge in [-0.25, -0.2) is 0 Å². The summed E-state index contributed by atoms with van der Waals surface area (Å²) in [6.45, 7) is 14.0. The molecular weight excluding hydrogens is 817 g/mol. The lowest BCUT2D eigenvalue weighted by atomic mass is 9.93. The van der Waals surface area contributed by atoms with Gasteiger partial charge in [0.1, 0.15) is 0 Å². The van der Waals surface area contributed by atoms with Crippen molar-refractivity contribution >= 4 is 110 Å². The maximum atomic E-state index is 2.60. The highest BCUT2D eigenvalue weighted by Crippen LogP contribution is 2.57. The van der Waals surface area contributed by atoms with Crippen LogP contribution in [0, 0.1) is 0 Å². The molecule has 300 valence electrons. The smallest absolute Gasteiger partial charge is 0.0537 e. The minimum atomic E-state index is 1.11. The molecule has 0 bridgehead atoms. The average Bonchev–Trinajstić information content (AvgIpc) is 4.10. The lowest BCUT2D eigenvalue weighted by Crippen LogP contribution is -1.86. The first-order valence-electron chi connectivity index (χ1n) is 22.1. The van der Waals surface area contributed by atoms with Crippen molar-refractivity contribution in [1.29, 1.82) is 0 Å². The Kier molecular flexibility index (Phi) is 12.3. The normalized spacial score (nSPS) is 12.2. The standard InChI is InChI=1S/C52H56S6/c1-7-13-19-31-27-35(11-5)53-47(31)41-29-33(21-15-9-3)49(57-41)51-45-37-23-17-26-40-44(37)46(38-24-18-25-39(55-51)43(38)45)52(56-40)50-34(22-16-10-4)30-42(58-50)48-32(20-14-8-2)28-36(12-6)54-48/h17-18,23-30H,7-16,19-22H2,1-6H3. The number of benzene rings is 3. The third-order valence-electron chi connectivity index (χ3n) is 12.1. The number of aryl methyl sites for hydroxylation is 6. The Morgan fingerprint density at radius 1 is 0.362 bits per heavy atom. The second-order valence-corrected chi connectivity index (χ2v) is 22.6. The minimum absolute atomic E-state index is 1.11. The third-order valence-corrected chi connectivity index (χ3v) is 20.1. The molecule has 0 amide bonds. The van der Waals surface area contributed by atoms with Crippen LogP contribution in [0.4, 0.5) is 0 Å². The van der Waals surface area contributed by atoms with Crippen molar-refractivity contribution < 1.29 is 0 Å². The Bertz CT molecular complexity index is 2630. The minimum Gasteiger partial charge on any atom is -0.139 e. The van der Waals surface area contributed by atoms with Gasteiger partial charge in [0.15, 0.2) is 0 Å². The number of hydrogen-bond donors (Lipinski definition) is 0. The van der Waals surface area contributed by atoms with Crippen LogP contribution in [0.1, 0.15) is 125 Å². The van der Waals surface area contributed by atoms with Crippen molar-refractivity contribution in [2.75, 3.05) is 0 Å². The lowest BCUT2D eigenvalue weighted by Gasteiger charge is -2.10. The van der Waals surface area contributed by atoms with E-state index in [4.69, 9.17) is 0 Å². The van der Waals surface area contributed by atoms with E-state index in [-0.39, 0.29) is 0 Å². The van der Waals surface area contributed by atoms with E-state index in [9.17, 15) is 0 Å². The fraction of sp³-hybridized carbons (Fsp3) is 0.385. The largest absolute Gasteiger partial charge is 0.139 e. The van der Waals surface area contributed by atoms with Gasteiger partial charge < -0.3 is 0 Å². The summed E-state index contributed by atoms with van der Waals surface area (Å²) < 4.78 is 2.85. The molecule has 0 aliphatic rings. The van der Waals surface area contributed by atoms with E-state index in [0.717, 1.165) is 25.7 Å². The maximum Gasteiger partial charge on any atom is 0.0537 e. The molecule has 0 nitrogen and oxygen atoms in total. The van der Waals surface area contributed by atoms with Crippen molar-refractivity contribution in [3.05, 3.63) is 92.7 Å². The Hall–Kier alpha value is -2.84. The summed E-state index contributed by atoms with van der Waals surface area (Å²) in [5.41, 5.74) is 6.23. The SMILES string of the molecule is CCCCc1cc(CC)sc1-c1cc(CCCC)c(-c2sc3cccc4c5c(-c6sc(-c7sc(CC)cc7CCCC)cc6CCCC)sc6cccc(c2c34)c65)s1. The molecule has 0 saturated carbocycles. The predicted octanol–water partition coefficient (Wildman–Crippen LogP) is 19.3. The third kappa shape index (κ3) is 7.26. The van der Waals surface area contributed by atoms with Crippen LogP contribution in [0.15, 0.2) is 60.7 Å². The van der Waals surface area contributed by atoms with Crippen molar-refractivity contribution in [2.24, 2.45) is 0 Å². The van der Waals surface area contributed by atoms with E-state index in [2.05, 4.69) is 125 Å². The van der Waals surface area contributed by atoms with Crippen LogP contribution >= 0.6 is 68.0 Å². The Balaban J connectivity index is 1.27. The number of unbranched alkanes of at least 4 members (excludes halogenated alkanes) is 4. The molecule has 58 heavy (non-hydrogen) atoms. The summed E-state index contributed by atoms with van der Waals surface area (Å²) in [6, 6.07) is 24.6. The summed E-state index contributed by atoms with van der Waals surface area (Å²) >= 11 is 12.4. The van der Waals surface area contributed by atoms with E-state index in [0.29, 0.717) is 0 Å². The topological polar surface area (TPSA) is 0 Å². The summed E-state index contributed by atoms with van der Waals surface area (Å²) in [5, 5.41) is 8.82. The van der Waals surface area contributed by atoms with Crippen molar-refractivity contribution in [1.82, 2.24) is 0 Å². The number of hydrogen-bond acceptors (Lipinski definition) is 6. The highest BCUT2D eigenvalue weighted by molar-refractivity contribution is 7.31. The molecule has 0 unspecified atom stereocenters. The van der Waals surface area contributed by atoms with Crippen LogP contribution < -0.4 is 0 Å². The fourth-order valence-corrected chi connectivity index (χ4v) is 16.8. The zero-order chi connectivity index (χ0) is 39.9. The Labute approximate surface area is 370 Å². The van der Waals surface area contributed by atoms with Crippen molar-refractivity contribution in [2.45, 2.75) is 131 Å². The monoisotopic (exact) mass is 872 g/mol. The molecular formula is C52H56S6. The summed E-state index contributed by atoms with van der Waals surface area (Å²) in [4.78, 5) is 15.1. The number of fused-ring (bicyclic) bond motifs is 2. The Morgan fingerprint density at radius 2 is 0.741 bits per heavy atom. The predicted molar refractivity (Wildman–Crippen MR) is 270 cm³/mol. The van der Waals surface area contributed by atoms with E-state index >= 15 is 0 Å². The summed E-state index contributed by atoms with van der Waals surface area (Å²) in [7, 11) is 0. The average molecular weight is 873 g/mol. The van der Waals surface area contributed by atoms with Crippen LogP contribution in [0.5, 0.6) is 0 Å². The molecule has 0 atom stereocenters. The molecule has 0 radical (unpaired) electrons. The van der Waals surface area contributed by atoms with Crippen LogP contribution in [-0.2, 0) is 38.5 Å². The van der Waals surface area contributed by atoms with Crippen LogP contribution in [0.2, 0.25) is 0 Å². The zero-order valence-corrected chi connectivity index (χ0v) is 40.0. The molecule has 0 saturated heterocycles. The quantitative estimate of drug-likeness (QED) is 0.0754. The Morgan fingerprint density at radius 3 is 1.10 bits per heavy atom. The van der Waals surface area contributed by atoms with Crippen LogP contribution in [-0.4, -0.2) is 0 Å². The van der Waals surface area contributed by atoms with Crippen LogP contribution in [0.3, 0.4) is 0 Å². The second kappa shape index (κ2) is 17.6. The first-order chi connectivity index (χ1) is 28.5. The molecule has 9 aromatic rings. The van der Waals surface area contributed by atoms with Crippen LogP contribution in [0.25, 0.3) is 80.7 Å². The van der Waals surface area contributed by atoms with Gasteiger partial charge in [-0.1, -0.05) is 91.5 Å². The number of rotatable bonds is 18. The molecule has 3 aromatic carbocycles. The molecule has 6 heteroatoms. The molecule has 0 aliphatic carbocycles. The maximum absolute atomic E-state index is 2.60. The molecule has 6 heterocycles. The van der Waals surface area contributed by atoms with Gasteiger partial charge in [-0.3, -0.25) is 0 Å². The molecule has 6 aromatic heterocycles. The zero-order valence-electron chi connectivity index (χ0n) is 35.1. The van der Waals surface area contributed by atoms with Gasteiger partial charge in [-0.05, 0) is 134 Å². The van der Waals surface area contributed by atoms with Gasteiger partial charge >= 0.3 is 0 Å². The first-order valence-corrected chi connectivity index (χ1v) is 27.0. The molecule has 9 rings (SSSR count). The lowest BCUT2D eigenvalue weighted by molar-refractivity contribution is 0.796. The molecule has 0 spiro atoms. The van der Waals surface area contributed by atoms with E-state index in [1.54, 1.807) is 22.3 Å². The van der Waals surface area contributed by atoms with Gasteiger partial charge in [0.05, 0.1) is 9.75 Å². The highest BCUT2D eigenvalue weighted by atomic mass is 32.1. The van der Waals surface area contributed by atoms with E-state index in [1.807, 2.05) is 45.3 Å². The molecule has 0 aliphatic heterocycles. The highest BCUT2D eigenvalue weighted by Gasteiger charge is 2.27. The van der Waals surface area contributed by atoms with Gasteiger partial charge in [0.2, 0.25) is 0 Å². The molecule has 0 fully saturated rings. The van der Waals surface area contributed by atoms with Gasteiger partial charge in [0, 0.05) is 70.0 Å². The first kappa shape index (κ1) is 40.6. The van der Waals surface area contributed by atoms with Crippen molar-refractivity contribution in [3.8, 4) is 39.0 Å². The van der Waals surface area contributed by atoms with E-state index < -0.39 is 0 Å². The van der Waals surface area contributed by atoms with Gasteiger partial charge in [-0.15, -0.1) is 68.0 Å². The summed E-state index contributed by atoms with van der Waals surface area (Å²) in [6.07, 6.45) is 16.7. The van der Waals surface area contributed by atoms with E-state index in [1.165, 1.54) is 155 Å². The summed E-state index contributed by atoms with van der Waals surface area (Å²) in [5.74, 6) is 0. The molecule has 0 N–H and O–H groups in total. The van der Waals surface area contributed by atoms with Gasteiger partial charge in [-0.2, -0.15) is 0 Å². The number of thiophene rings is 6. The van der Waals surface area contributed by atoms with Crippen molar-refractivity contribution in [3.63, 3.8) is 0 Å². The fourth-order valence-electron chi connectivity index (χ4n) is 8.96.